The zero-order valence-corrected chi connectivity index (χ0v) is 9.73. The lowest BCUT2D eigenvalue weighted by Gasteiger charge is -1.99. The Morgan fingerprint density at radius 3 is 3.06 bits per heavy atom. The molecule has 17 heavy (non-hydrogen) atoms. The lowest BCUT2D eigenvalue weighted by Crippen LogP contribution is -2.06. The van der Waals surface area contributed by atoms with Crippen LogP contribution in [-0.4, -0.2) is 12.6 Å². The first-order chi connectivity index (χ1) is 8.24. The Morgan fingerprint density at radius 1 is 1.53 bits per heavy atom. The van der Waals surface area contributed by atoms with Gasteiger partial charge >= 0.3 is 5.97 Å². The molecule has 0 radical (unpaired) electrons. The van der Waals surface area contributed by atoms with Gasteiger partial charge in [-0.05, 0) is 18.6 Å². The largest absolute Gasteiger partial charge is 0.466 e. The van der Waals surface area contributed by atoms with Gasteiger partial charge in [0.25, 0.3) is 0 Å². The van der Waals surface area contributed by atoms with Crippen molar-refractivity contribution in [2.45, 2.75) is 13.3 Å². The molecule has 0 atom stereocenters. The van der Waals surface area contributed by atoms with Crippen molar-refractivity contribution in [1.82, 2.24) is 0 Å². The Bertz CT molecular complexity index is 552. The quantitative estimate of drug-likeness (QED) is 0.757. The second kappa shape index (κ2) is 4.87. The number of hydrogen-bond acceptors (Lipinski definition) is 3. The second-order valence-corrected chi connectivity index (χ2v) is 3.70. The van der Waals surface area contributed by atoms with E-state index >= 15 is 0 Å². The minimum atomic E-state index is -0.233. The third-order valence-corrected chi connectivity index (χ3v) is 2.56. The Morgan fingerprint density at radius 2 is 2.35 bits per heavy atom. The lowest BCUT2D eigenvalue weighted by molar-refractivity contribution is -0.142. The van der Waals surface area contributed by atoms with Gasteiger partial charge in [0.15, 0.2) is 0 Å². The minimum Gasteiger partial charge on any atom is -0.466 e. The Kier molecular flexibility index (Phi) is 3.28. The molecule has 0 saturated heterocycles. The second-order valence-electron chi connectivity index (χ2n) is 3.70. The van der Waals surface area contributed by atoms with Crippen LogP contribution in [0.3, 0.4) is 0 Å². The molecule has 1 aromatic heterocycles. The zero-order chi connectivity index (χ0) is 12.3. The van der Waals surface area contributed by atoms with E-state index in [1.54, 1.807) is 19.3 Å². The molecule has 0 bridgehead atoms. The van der Waals surface area contributed by atoms with Crippen LogP contribution in [-0.2, 0) is 16.0 Å². The lowest BCUT2D eigenvalue weighted by atomic mass is 10.1. The number of rotatable bonds is 4. The molecule has 0 unspecified atom stereocenters. The molecule has 0 saturated carbocycles. The summed E-state index contributed by atoms with van der Waals surface area (Å²) >= 11 is 0. The molecule has 0 spiro atoms. The van der Waals surface area contributed by atoms with Gasteiger partial charge < -0.3 is 9.15 Å². The van der Waals surface area contributed by atoms with Crippen molar-refractivity contribution in [3.8, 4) is 0 Å². The van der Waals surface area contributed by atoms with Crippen molar-refractivity contribution in [2.24, 2.45) is 0 Å². The number of carbonyl (C=O) groups is 1. The maximum atomic E-state index is 11.4. The number of carbonyl (C=O) groups excluding carboxylic acids is 1. The zero-order valence-electron chi connectivity index (χ0n) is 9.73. The van der Waals surface area contributed by atoms with Gasteiger partial charge in [-0.15, -0.1) is 0 Å². The average Bonchev–Trinajstić information content (AvgIpc) is 2.72. The Labute approximate surface area is 99.7 Å². The molecule has 2 rings (SSSR count). The highest BCUT2D eigenvalue weighted by molar-refractivity contribution is 5.87. The van der Waals surface area contributed by atoms with Gasteiger partial charge in [0, 0.05) is 10.9 Å². The summed E-state index contributed by atoms with van der Waals surface area (Å²) in [4.78, 5) is 11.4. The standard InChI is InChI=1S/C14H14O3/c1-3-10-5-6-12-11(8-14(15)16-4-2)9-17-13(12)7-10/h3,5-7,9H,1,4,8H2,2H3. The van der Waals surface area contributed by atoms with E-state index in [1.165, 1.54) is 0 Å². The summed E-state index contributed by atoms with van der Waals surface area (Å²) in [5.41, 5.74) is 2.62. The summed E-state index contributed by atoms with van der Waals surface area (Å²) < 4.78 is 10.3. The summed E-state index contributed by atoms with van der Waals surface area (Å²) in [6.07, 6.45) is 3.61. The van der Waals surface area contributed by atoms with Crippen LogP contribution in [0.5, 0.6) is 0 Å². The molecule has 88 valence electrons. The summed E-state index contributed by atoms with van der Waals surface area (Å²) in [5.74, 6) is -0.233. The van der Waals surface area contributed by atoms with Crippen LogP contribution in [0.1, 0.15) is 18.1 Å². The van der Waals surface area contributed by atoms with E-state index in [0.717, 1.165) is 22.1 Å². The van der Waals surface area contributed by atoms with Crippen LogP contribution in [0.25, 0.3) is 17.0 Å². The molecule has 0 aliphatic heterocycles. The van der Waals surface area contributed by atoms with Crippen molar-refractivity contribution < 1.29 is 13.9 Å². The fraction of sp³-hybridized carbons (Fsp3) is 0.214. The molecule has 3 nitrogen and oxygen atoms in total. The van der Waals surface area contributed by atoms with Crippen molar-refractivity contribution in [1.29, 1.82) is 0 Å². The number of esters is 1. The molecule has 2 aromatic rings. The number of fused-ring (bicyclic) bond motifs is 1. The maximum Gasteiger partial charge on any atom is 0.310 e. The summed E-state index contributed by atoms with van der Waals surface area (Å²) in [5, 5.41) is 0.948. The normalized spacial score (nSPS) is 10.4. The van der Waals surface area contributed by atoms with Gasteiger partial charge in [0.2, 0.25) is 0 Å². The van der Waals surface area contributed by atoms with E-state index in [2.05, 4.69) is 6.58 Å². The molecule has 0 amide bonds. The predicted molar refractivity (Wildman–Crippen MR) is 66.6 cm³/mol. The van der Waals surface area contributed by atoms with Gasteiger partial charge in [0.05, 0.1) is 19.3 Å². The van der Waals surface area contributed by atoms with Crippen LogP contribution in [0, 0.1) is 0 Å². The first kappa shape index (κ1) is 11.5. The van der Waals surface area contributed by atoms with Crippen molar-refractivity contribution in [3.63, 3.8) is 0 Å². The Hall–Kier alpha value is -2.03. The summed E-state index contributed by atoms with van der Waals surface area (Å²) in [6, 6.07) is 5.78. The van der Waals surface area contributed by atoms with E-state index < -0.39 is 0 Å². The van der Waals surface area contributed by atoms with E-state index in [0.29, 0.717) is 6.61 Å². The van der Waals surface area contributed by atoms with Crippen LogP contribution in [0.2, 0.25) is 0 Å². The maximum absolute atomic E-state index is 11.4. The van der Waals surface area contributed by atoms with E-state index in [1.807, 2.05) is 18.2 Å². The first-order valence-electron chi connectivity index (χ1n) is 5.52. The molecular weight excluding hydrogens is 216 g/mol. The summed E-state index contributed by atoms with van der Waals surface area (Å²) in [7, 11) is 0. The van der Waals surface area contributed by atoms with Gasteiger partial charge in [-0.25, -0.2) is 0 Å². The third kappa shape index (κ3) is 2.38. The highest BCUT2D eigenvalue weighted by atomic mass is 16.5. The topological polar surface area (TPSA) is 39.4 Å². The molecule has 1 heterocycles. The van der Waals surface area contributed by atoms with Crippen molar-refractivity contribution in [3.05, 3.63) is 42.2 Å². The van der Waals surface area contributed by atoms with Gasteiger partial charge in [-0.2, -0.15) is 0 Å². The van der Waals surface area contributed by atoms with Crippen LogP contribution in [0.4, 0.5) is 0 Å². The minimum absolute atomic E-state index is 0.233. The van der Waals surface area contributed by atoms with Gasteiger partial charge in [0.1, 0.15) is 5.58 Å². The number of furan rings is 1. The fourth-order valence-electron chi connectivity index (χ4n) is 1.73. The molecule has 0 aliphatic carbocycles. The van der Waals surface area contributed by atoms with Crippen molar-refractivity contribution in [2.75, 3.05) is 6.61 Å². The first-order valence-corrected chi connectivity index (χ1v) is 5.52. The van der Waals surface area contributed by atoms with Gasteiger partial charge in [-0.3, -0.25) is 4.79 Å². The number of ether oxygens (including phenoxy) is 1. The molecule has 0 N–H and O–H groups in total. The fourth-order valence-corrected chi connectivity index (χ4v) is 1.73. The average molecular weight is 230 g/mol. The highest BCUT2D eigenvalue weighted by Gasteiger charge is 2.10. The third-order valence-electron chi connectivity index (χ3n) is 2.56. The summed E-state index contributed by atoms with van der Waals surface area (Å²) in [6.45, 7) is 5.89. The Balaban J connectivity index is 2.30. The predicted octanol–water partition coefficient (Wildman–Crippen LogP) is 3.18. The smallest absolute Gasteiger partial charge is 0.310 e. The van der Waals surface area contributed by atoms with E-state index in [-0.39, 0.29) is 12.4 Å². The number of hydrogen-bond donors (Lipinski definition) is 0. The van der Waals surface area contributed by atoms with Crippen LogP contribution in [0.15, 0.2) is 35.5 Å². The van der Waals surface area contributed by atoms with Gasteiger partial charge in [-0.1, -0.05) is 24.8 Å². The molecule has 1 aromatic carbocycles. The van der Waals surface area contributed by atoms with Crippen LogP contribution >= 0.6 is 0 Å². The number of benzene rings is 1. The molecule has 3 heteroatoms. The molecule has 0 fully saturated rings. The van der Waals surface area contributed by atoms with Crippen LogP contribution < -0.4 is 0 Å². The molecule has 0 aliphatic rings. The monoisotopic (exact) mass is 230 g/mol. The highest BCUT2D eigenvalue weighted by Crippen LogP contribution is 2.23. The van der Waals surface area contributed by atoms with E-state index in [4.69, 9.17) is 9.15 Å². The van der Waals surface area contributed by atoms with E-state index in [9.17, 15) is 4.79 Å². The molecular formula is C14H14O3. The SMILES string of the molecule is C=Cc1ccc2c(CC(=O)OCC)coc2c1. The van der Waals surface area contributed by atoms with Crippen molar-refractivity contribution >= 4 is 23.0 Å².